The van der Waals surface area contributed by atoms with E-state index in [1.54, 1.807) is 18.4 Å². The van der Waals surface area contributed by atoms with Gasteiger partial charge in [-0.15, -0.1) is 11.3 Å². The summed E-state index contributed by atoms with van der Waals surface area (Å²) >= 11 is 4.42. The van der Waals surface area contributed by atoms with Crippen LogP contribution in [0.5, 0.6) is 0 Å². The molecule has 10 heteroatoms. The number of ether oxygens (including phenoxy) is 2. The zero-order valence-electron chi connectivity index (χ0n) is 24.3. The van der Waals surface area contributed by atoms with Crippen LogP contribution in [0.4, 0.5) is 5.13 Å². The second-order valence-corrected chi connectivity index (χ2v) is 11.8. The van der Waals surface area contributed by atoms with Crippen molar-refractivity contribution in [3.8, 4) is 11.3 Å². The molecule has 8 nitrogen and oxygen atoms in total. The van der Waals surface area contributed by atoms with Crippen LogP contribution in [0.25, 0.3) is 11.3 Å². The molecule has 1 aromatic carbocycles. The van der Waals surface area contributed by atoms with Crippen molar-refractivity contribution in [3.63, 3.8) is 0 Å². The second kappa shape index (κ2) is 14.3. The number of hydrogen-bond donors (Lipinski definition) is 2. The van der Waals surface area contributed by atoms with E-state index in [4.69, 9.17) is 18.7 Å². The van der Waals surface area contributed by atoms with E-state index in [1.165, 1.54) is 24.0 Å². The van der Waals surface area contributed by atoms with Gasteiger partial charge in [-0.3, -0.25) is 4.79 Å². The van der Waals surface area contributed by atoms with Gasteiger partial charge in [0.05, 0.1) is 30.5 Å². The first kappa shape index (κ1) is 31.0. The molecule has 0 radical (unpaired) electrons. The molecule has 3 atom stereocenters. The van der Waals surface area contributed by atoms with Crippen LogP contribution < -0.4 is 10.6 Å². The molecule has 220 valence electrons. The Bertz CT molecular complexity index is 1350. The summed E-state index contributed by atoms with van der Waals surface area (Å²) in [6.45, 7) is 6.37. The average Bonchev–Trinajstić information content (AvgIpc) is 3.88. The fourth-order valence-corrected chi connectivity index (χ4v) is 6.18. The van der Waals surface area contributed by atoms with E-state index in [-0.39, 0.29) is 11.9 Å². The first-order chi connectivity index (χ1) is 20.0. The third-order valence-corrected chi connectivity index (χ3v) is 8.44. The quantitative estimate of drug-likeness (QED) is 0.322. The molecular formula is C31H40N4O4S2. The Morgan fingerprint density at radius 1 is 1.29 bits per heavy atom. The van der Waals surface area contributed by atoms with E-state index in [9.17, 15) is 4.79 Å². The molecule has 3 fully saturated rings. The normalized spacial score (nSPS) is 20.8. The number of carbonyl (C=O) groups excluding carboxylic acids is 1. The number of nitrogens with one attached hydrogen (secondary N) is 2. The van der Waals surface area contributed by atoms with Crippen molar-refractivity contribution >= 4 is 34.9 Å². The molecule has 1 aliphatic heterocycles. The van der Waals surface area contributed by atoms with Crippen molar-refractivity contribution in [3.05, 3.63) is 70.5 Å². The number of anilines is 1. The number of rotatable bonds is 9. The molecule has 0 spiro atoms. The minimum atomic E-state index is -0.268. The van der Waals surface area contributed by atoms with Crippen molar-refractivity contribution in [1.29, 1.82) is 0 Å². The monoisotopic (exact) mass is 596 g/mol. The van der Waals surface area contributed by atoms with E-state index in [2.05, 4.69) is 66.7 Å². The zero-order chi connectivity index (χ0) is 29.4. The van der Waals surface area contributed by atoms with Crippen LogP contribution in [0, 0.1) is 5.92 Å². The molecule has 3 aliphatic rings. The topological polar surface area (TPSA) is 94.5 Å². The van der Waals surface area contributed by atoms with E-state index in [0.29, 0.717) is 23.5 Å². The molecule has 3 unspecified atom stereocenters. The highest BCUT2D eigenvalue weighted by molar-refractivity contribution is 7.44. The predicted molar refractivity (Wildman–Crippen MR) is 165 cm³/mol. The standard InChI is InChI=1S/C28H32N4O3S.C3H8.OS/c1-32-10-8-20(14-32)26(33)29-23(16-34-2)25(18-6-7-18)31-27-30-24(17-36-27)19-4-3-5-21(12-19)28-9-11-35-15-22(28)13-28;1-3-2;1-2/h3-5,8,10,12,14,17,22-23H,6-7,9,11,13,15-16H2,1-2H3,(H,29,33)(H,30,31);3H2,1-2H3;. The average molecular weight is 597 g/mol. The summed E-state index contributed by atoms with van der Waals surface area (Å²) in [6, 6.07) is 10.4. The Kier molecular flexibility index (Phi) is 10.8. The summed E-state index contributed by atoms with van der Waals surface area (Å²) in [5, 5.41) is 9.63. The zero-order valence-corrected chi connectivity index (χ0v) is 25.9. The maximum Gasteiger partial charge on any atom is 0.253 e. The van der Waals surface area contributed by atoms with Crippen molar-refractivity contribution < 1.29 is 18.5 Å². The molecular weight excluding hydrogens is 556 g/mol. The lowest BCUT2D eigenvalue weighted by molar-refractivity contribution is 0.0802. The van der Waals surface area contributed by atoms with Gasteiger partial charge in [-0.1, -0.05) is 38.5 Å². The molecule has 2 aromatic heterocycles. The highest BCUT2D eigenvalue weighted by Crippen LogP contribution is 2.59. The minimum absolute atomic E-state index is 0.110. The Hall–Kier alpha value is -2.92. The van der Waals surface area contributed by atoms with Crippen molar-refractivity contribution in [1.82, 2.24) is 14.9 Å². The summed E-state index contributed by atoms with van der Waals surface area (Å²) in [4.78, 5) is 17.8. The van der Waals surface area contributed by atoms with Gasteiger partial charge in [-0.05, 0) is 54.9 Å². The van der Waals surface area contributed by atoms with Crippen LogP contribution in [0.15, 0.2) is 59.4 Å². The van der Waals surface area contributed by atoms with E-state index < -0.39 is 0 Å². The van der Waals surface area contributed by atoms with Crippen LogP contribution in [-0.4, -0.2) is 52.6 Å². The number of thiazole rings is 1. The fourth-order valence-electron chi connectivity index (χ4n) is 5.45. The number of aromatic nitrogens is 2. The Morgan fingerprint density at radius 3 is 2.73 bits per heavy atom. The first-order valence-corrected chi connectivity index (χ1v) is 15.4. The molecule has 1 saturated heterocycles. The van der Waals surface area contributed by atoms with E-state index in [1.807, 2.05) is 30.1 Å². The van der Waals surface area contributed by atoms with Gasteiger partial charge in [0.15, 0.2) is 17.7 Å². The Labute approximate surface area is 252 Å². The fraction of sp³-hybridized carbons (Fsp3) is 0.484. The first-order valence-electron chi connectivity index (χ1n) is 14.2. The van der Waals surface area contributed by atoms with Crippen LogP contribution >= 0.6 is 11.3 Å². The number of aryl methyl sites for hydroxylation is 1. The van der Waals surface area contributed by atoms with Crippen molar-refractivity contribution in [2.24, 2.45) is 13.0 Å². The molecule has 6 rings (SSSR count). The maximum absolute atomic E-state index is 12.9. The predicted octanol–water partition coefficient (Wildman–Crippen LogP) is 5.81. The number of hydrogen-bond acceptors (Lipinski definition) is 8. The molecule has 2 N–H and O–H groups in total. The van der Waals surface area contributed by atoms with Gasteiger partial charge in [-0.25, -0.2) is 4.98 Å². The third-order valence-electron chi connectivity index (χ3n) is 7.68. The van der Waals surface area contributed by atoms with Crippen LogP contribution in [0.1, 0.15) is 61.9 Å². The van der Waals surface area contributed by atoms with Gasteiger partial charge in [-0.2, -0.15) is 4.21 Å². The molecule has 41 heavy (non-hydrogen) atoms. The Balaban J connectivity index is 0.000000728. The number of allylic oxidation sites excluding steroid dienone is 1. The largest absolute Gasteiger partial charge is 0.382 e. The van der Waals surface area contributed by atoms with Gasteiger partial charge in [0.1, 0.15) is 0 Å². The van der Waals surface area contributed by atoms with Crippen LogP contribution in [0.3, 0.4) is 0 Å². The Morgan fingerprint density at radius 2 is 2.07 bits per heavy atom. The summed E-state index contributed by atoms with van der Waals surface area (Å²) in [7, 11) is 3.57. The summed E-state index contributed by atoms with van der Waals surface area (Å²) in [5.41, 5.74) is 6.79. The number of methoxy groups -OCH3 is 1. The maximum atomic E-state index is 12.9. The molecule has 0 bridgehead atoms. The van der Waals surface area contributed by atoms with Gasteiger partial charge >= 0.3 is 0 Å². The number of amides is 1. The molecule has 3 heterocycles. The summed E-state index contributed by atoms with van der Waals surface area (Å²) in [5.74, 6) is 0.548. The molecule has 3 aromatic rings. The summed E-state index contributed by atoms with van der Waals surface area (Å²) in [6.07, 6.45) is 9.33. The van der Waals surface area contributed by atoms with Crippen LogP contribution in [0.2, 0.25) is 0 Å². The highest BCUT2D eigenvalue weighted by Gasteiger charge is 2.56. The van der Waals surface area contributed by atoms with Gasteiger partial charge in [0.2, 0.25) is 0 Å². The number of nitrogens with zero attached hydrogens (tertiary/aromatic N) is 2. The smallest absolute Gasteiger partial charge is 0.253 e. The molecule has 2 aliphatic carbocycles. The van der Waals surface area contributed by atoms with Crippen LogP contribution in [-0.2, 0) is 34.5 Å². The summed E-state index contributed by atoms with van der Waals surface area (Å²) < 4.78 is 20.9. The van der Waals surface area contributed by atoms with Gasteiger partial charge in [0.25, 0.3) is 5.91 Å². The molecule has 1 amide bonds. The second-order valence-electron chi connectivity index (χ2n) is 10.9. The van der Waals surface area contributed by atoms with E-state index >= 15 is 0 Å². The number of benzene rings is 1. The number of fused-ring (bicyclic) bond motifs is 1. The van der Waals surface area contributed by atoms with Crippen molar-refractivity contribution in [2.75, 3.05) is 32.2 Å². The van der Waals surface area contributed by atoms with Gasteiger partial charge < -0.3 is 24.7 Å². The lowest BCUT2D eigenvalue weighted by atomic mass is 9.88. The SMILES string of the molecule is CCC.COCC(NC(=O)c1ccn(C)c1)C(Nc1nc(-c2cccc(C34CCOCC3C4)c2)cs1)=C1CC1.O=S. The number of carbonyl (C=O) groups is 1. The molecule has 2 saturated carbocycles. The lowest BCUT2D eigenvalue weighted by Crippen LogP contribution is -2.41. The lowest BCUT2D eigenvalue weighted by Gasteiger charge is -2.23. The van der Waals surface area contributed by atoms with Crippen molar-refractivity contribution in [2.45, 2.75) is 57.4 Å². The van der Waals surface area contributed by atoms with E-state index in [0.717, 1.165) is 54.6 Å². The highest BCUT2D eigenvalue weighted by atomic mass is 32.1. The third kappa shape index (κ3) is 7.48. The minimum Gasteiger partial charge on any atom is -0.382 e. The van der Waals surface area contributed by atoms with Gasteiger partial charge in [0, 0.05) is 55.2 Å².